The molecule has 6 rings (SSSR count). The van der Waals surface area contributed by atoms with Crippen LogP contribution in [0.5, 0.6) is 0 Å². The second-order valence-corrected chi connectivity index (χ2v) is 10.8. The predicted octanol–water partition coefficient (Wildman–Crippen LogP) is 6.45. The van der Waals surface area contributed by atoms with Crippen LogP contribution in [0, 0.1) is 0 Å². The molecule has 0 saturated carbocycles. The van der Waals surface area contributed by atoms with E-state index < -0.39 is 24.5 Å². The third-order valence-corrected chi connectivity index (χ3v) is 8.10. The number of nitrogens with zero attached hydrogens (tertiary/aromatic N) is 2. The van der Waals surface area contributed by atoms with Gasteiger partial charge >= 0.3 is 11.9 Å². The van der Waals surface area contributed by atoms with Crippen molar-refractivity contribution in [2.24, 2.45) is 0 Å². The molecular weight excluding hydrogens is 558 g/mol. The number of amides is 1. The molecule has 1 N–H and O–H groups in total. The maximum atomic E-state index is 12.9. The molecule has 42 heavy (non-hydrogen) atoms. The van der Waals surface area contributed by atoms with Gasteiger partial charge in [0.15, 0.2) is 18.1 Å². The highest BCUT2D eigenvalue weighted by Gasteiger charge is 2.27. The predicted molar refractivity (Wildman–Crippen MR) is 155 cm³/mol. The Morgan fingerprint density at radius 3 is 2.29 bits per heavy atom. The van der Waals surface area contributed by atoms with E-state index in [-0.39, 0.29) is 12.2 Å². The van der Waals surface area contributed by atoms with E-state index >= 15 is 0 Å². The number of hydrogen-bond acceptors (Lipinski definition) is 10. The van der Waals surface area contributed by atoms with E-state index in [1.54, 1.807) is 55.7 Å². The molecule has 1 aliphatic carbocycles. The summed E-state index contributed by atoms with van der Waals surface area (Å²) in [5, 5.41) is 3.20. The number of carbonyl (C=O) groups is 3. The minimum Gasteiger partial charge on any atom is -0.463 e. The Balaban J connectivity index is 1.19. The molecule has 1 aliphatic rings. The summed E-state index contributed by atoms with van der Waals surface area (Å²) in [6, 6.07) is 11.8. The number of fused-ring (bicyclic) bond motifs is 2. The van der Waals surface area contributed by atoms with Crippen molar-refractivity contribution in [3.05, 3.63) is 76.6 Å². The average Bonchev–Trinajstić information content (AvgIpc) is 3.75. The zero-order chi connectivity index (χ0) is 29.1. The molecule has 0 unspecified atom stereocenters. The molecule has 4 heterocycles. The number of rotatable bonds is 8. The summed E-state index contributed by atoms with van der Waals surface area (Å²) in [5.74, 6) is -0.678. The molecular formula is C31H27N3O7S. The standard InChI is InChI=1S/C31H27N3O7S/c1-2-38-31(37)26-19-8-4-3-5-11-24(19)42-29(26)34-25(35)17-41-30(36)18-12-13-20-21(16-18)33-28(23-10-7-15-40-23)27(32-20)22-9-6-14-39-22/h6-7,9-10,12-16H,2-5,8,11,17H2,1H3,(H,34,35). The maximum absolute atomic E-state index is 12.9. The lowest BCUT2D eigenvalue weighted by molar-refractivity contribution is -0.119. The molecule has 1 aromatic carbocycles. The molecule has 0 spiro atoms. The molecule has 5 aromatic rings. The molecule has 0 aliphatic heterocycles. The lowest BCUT2D eigenvalue weighted by Gasteiger charge is -2.10. The van der Waals surface area contributed by atoms with Gasteiger partial charge in [-0.2, -0.15) is 0 Å². The van der Waals surface area contributed by atoms with E-state index in [0.717, 1.165) is 42.5 Å². The normalized spacial score (nSPS) is 12.9. The van der Waals surface area contributed by atoms with Crippen LogP contribution in [0.2, 0.25) is 0 Å². The number of anilines is 1. The topological polar surface area (TPSA) is 134 Å². The largest absolute Gasteiger partial charge is 0.463 e. The molecule has 0 fully saturated rings. The lowest BCUT2D eigenvalue weighted by atomic mass is 10.1. The summed E-state index contributed by atoms with van der Waals surface area (Å²) in [4.78, 5) is 49.0. The summed E-state index contributed by atoms with van der Waals surface area (Å²) in [6.07, 6.45) is 7.81. The van der Waals surface area contributed by atoms with Crippen LogP contribution in [-0.4, -0.2) is 41.0 Å². The fourth-order valence-electron chi connectivity index (χ4n) is 4.98. The molecule has 0 saturated heterocycles. The fraction of sp³-hybridized carbons (Fsp3) is 0.258. The number of furan rings is 2. The van der Waals surface area contributed by atoms with Crippen molar-refractivity contribution in [3.8, 4) is 22.9 Å². The summed E-state index contributed by atoms with van der Waals surface area (Å²) < 4.78 is 21.7. The Morgan fingerprint density at radius 2 is 1.60 bits per heavy atom. The maximum Gasteiger partial charge on any atom is 0.341 e. The number of aromatic nitrogens is 2. The number of ether oxygens (including phenoxy) is 2. The van der Waals surface area contributed by atoms with Gasteiger partial charge in [0.1, 0.15) is 16.4 Å². The van der Waals surface area contributed by atoms with Crippen molar-refractivity contribution in [2.45, 2.75) is 39.0 Å². The Hall–Kier alpha value is -4.77. The lowest BCUT2D eigenvalue weighted by Crippen LogP contribution is -2.22. The van der Waals surface area contributed by atoms with Crippen LogP contribution in [0.25, 0.3) is 33.9 Å². The van der Waals surface area contributed by atoms with Crippen molar-refractivity contribution in [2.75, 3.05) is 18.5 Å². The number of hydrogen-bond donors (Lipinski definition) is 1. The zero-order valence-corrected chi connectivity index (χ0v) is 23.6. The van der Waals surface area contributed by atoms with E-state index in [0.29, 0.717) is 44.5 Å². The van der Waals surface area contributed by atoms with Crippen molar-refractivity contribution in [1.29, 1.82) is 0 Å². The number of carbonyl (C=O) groups excluding carboxylic acids is 3. The van der Waals surface area contributed by atoms with Crippen LogP contribution in [-0.2, 0) is 27.1 Å². The summed E-state index contributed by atoms with van der Waals surface area (Å²) >= 11 is 1.39. The van der Waals surface area contributed by atoms with Crippen molar-refractivity contribution >= 4 is 45.2 Å². The van der Waals surface area contributed by atoms with E-state index in [1.165, 1.54) is 17.6 Å². The number of nitrogens with one attached hydrogen (secondary N) is 1. The van der Waals surface area contributed by atoms with Gasteiger partial charge in [-0.1, -0.05) is 6.42 Å². The average molecular weight is 586 g/mol. The second-order valence-electron chi connectivity index (χ2n) is 9.69. The molecule has 0 bridgehead atoms. The van der Waals surface area contributed by atoms with Crippen molar-refractivity contribution in [3.63, 3.8) is 0 Å². The first-order chi connectivity index (χ1) is 20.5. The Bertz CT molecular complexity index is 1760. The Morgan fingerprint density at radius 1 is 0.881 bits per heavy atom. The van der Waals surface area contributed by atoms with Crippen LogP contribution in [0.15, 0.2) is 63.8 Å². The monoisotopic (exact) mass is 585 g/mol. The van der Waals surface area contributed by atoms with Crippen LogP contribution < -0.4 is 5.32 Å². The highest BCUT2D eigenvalue weighted by molar-refractivity contribution is 7.17. The van der Waals surface area contributed by atoms with Gasteiger partial charge in [0.2, 0.25) is 0 Å². The quantitative estimate of drug-likeness (QED) is 0.161. The van der Waals surface area contributed by atoms with Gasteiger partial charge in [0, 0.05) is 4.88 Å². The third kappa shape index (κ3) is 5.55. The highest BCUT2D eigenvalue weighted by atomic mass is 32.1. The fourth-order valence-corrected chi connectivity index (χ4v) is 6.27. The van der Waals surface area contributed by atoms with Gasteiger partial charge in [-0.3, -0.25) is 4.79 Å². The van der Waals surface area contributed by atoms with Crippen molar-refractivity contribution in [1.82, 2.24) is 9.97 Å². The van der Waals surface area contributed by atoms with E-state index in [2.05, 4.69) is 5.32 Å². The smallest absolute Gasteiger partial charge is 0.341 e. The van der Waals surface area contributed by atoms with E-state index in [1.807, 2.05) is 0 Å². The first-order valence-electron chi connectivity index (χ1n) is 13.7. The summed E-state index contributed by atoms with van der Waals surface area (Å²) in [6.45, 7) is 1.45. The molecule has 11 heteroatoms. The Kier molecular flexibility index (Phi) is 7.83. The minimum absolute atomic E-state index is 0.204. The molecule has 0 radical (unpaired) electrons. The Labute approximate surface area is 244 Å². The van der Waals surface area contributed by atoms with Crippen molar-refractivity contribution < 1.29 is 32.7 Å². The number of thiophene rings is 1. The van der Waals surface area contributed by atoms with Crippen LogP contribution in [0.1, 0.15) is 57.3 Å². The molecule has 214 valence electrons. The number of esters is 2. The molecule has 0 atom stereocenters. The highest BCUT2D eigenvalue weighted by Crippen LogP contribution is 2.38. The van der Waals surface area contributed by atoms with Gasteiger partial charge < -0.3 is 23.6 Å². The number of aryl methyl sites for hydroxylation is 1. The van der Waals surface area contributed by atoms with Crippen LogP contribution in [0.4, 0.5) is 5.00 Å². The third-order valence-electron chi connectivity index (χ3n) is 6.90. The first kappa shape index (κ1) is 27.4. The molecule has 4 aromatic heterocycles. The van der Waals surface area contributed by atoms with Gasteiger partial charge in [0.05, 0.1) is 41.3 Å². The van der Waals surface area contributed by atoms with Gasteiger partial charge in [-0.15, -0.1) is 11.3 Å². The molecule has 1 amide bonds. The van der Waals surface area contributed by atoms with Gasteiger partial charge in [0.25, 0.3) is 5.91 Å². The zero-order valence-electron chi connectivity index (χ0n) is 22.8. The summed E-state index contributed by atoms with van der Waals surface area (Å²) in [7, 11) is 0. The van der Waals surface area contributed by atoms with E-state index in [4.69, 9.17) is 28.3 Å². The van der Waals surface area contributed by atoms with Gasteiger partial charge in [-0.05, 0) is 80.6 Å². The van der Waals surface area contributed by atoms with Crippen LogP contribution in [0.3, 0.4) is 0 Å². The number of benzene rings is 1. The minimum atomic E-state index is -0.698. The summed E-state index contributed by atoms with van der Waals surface area (Å²) in [5.41, 5.74) is 3.50. The second kappa shape index (κ2) is 12.0. The van der Waals surface area contributed by atoms with Crippen LogP contribution >= 0.6 is 11.3 Å². The van der Waals surface area contributed by atoms with Gasteiger partial charge in [-0.25, -0.2) is 19.6 Å². The SMILES string of the molecule is CCOC(=O)c1c(NC(=O)COC(=O)c2ccc3nc(-c4ccco4)c(-c4ccco4)nc3c2)sc2c1CCCCC2. The first-order valence-corrected chi connectivity index (χ1v) is 14.5. The molecule has 10 nitrogen and oxygen atoms in total. The van der Waals surface area contributed by atoms with E-state index in [9.17, 15) is 14.4 Å².